The zero-order valence-electron chi connectivity index (χ0n) is 17.3. The van der Waals surface area contributed by atoms with Gasteiger partial charge in [0.25, 0.3) is 0 Å². The molecule has 1 aliphatic rings. The minimum atomic E-state index is -3.83. The molecule has 0 aliphatic carbocycles. The van der Waals surface area contributed by atoms with Crippen molar-refractivity contribution < 1.29 is 27.1 Å². The minimum Gasteiger partial charge on any atom is -0.495 e. The van der Waals surface area contributed by atoms with E-state index in [1.165, 1.54) is 32.2 Å². The number of sulfonamides is 1. The summed E-state index contributed by atoms with van der Waals surface area (Å²) in [7, 11) is -2.39. The molecular weight excluding hydrogens is 410 g/mol. The maximum absolute atomic E-state index is 13.0. The van der Waals surface area contributed by atoms with Crippen LogP contribution in [0.1, 0.15) is 24.5 Å². The van der Waals surface area contributed by atoms with Crippen molar-refractivity contribution in [3.05, 3.63) is 41.9 Å². The standard InChI is InChI=1S/C20H27N3O6S/c1-14-4-6-20(29-14)18(23-8-10-28-11-9-23)13-21-30(25,26)16-5-7-19(27-3)17(12-16)22-15(2)24/h4-7,12,18,21H,8-11,13H2,1-3H3,(H,22,24). The molecule has 0 radical (unpaired) electrons. The highest BCUT2D eigenvalue weighted by molar-refractivity contribution is 7.89. The van der Waals surface area contributed by atoms with Gasteiger partial charge >= 0.3 is 0 Å². The van der Waals surface area contributed by atoms with Gasteiger partial charge in [0.2, 0.25) is 15.9 Å². The van der Waals surface area contributed by atoms with Gasteiger partial charge in [0, 0.05) is 26.6 Å². The van der Waals surface area contributed by atoms with E-state index in [4.69, 9.17) is 13.9 Å². The predicted molar refractivity (Wildman–Crippen MR) is 111 cm³/mol. The highest BCUT2D eigenvalue weighted by atomic mass is 32.2. The Morgan fingerprint density at radius 2 is 1.97 bits per heavy atom. The summed E-state index contributed by atoms with van der Waals surface area (Å²) in [5.74, 6) is 1.52. The van der Waals surface area contributed by atoms with Gasteiger partial charge in [0.15, 0.2) is 0 Å². The Bertz CT molecular complexity index is 982. The molecule has 1 aromatic carbocycles. The number of rotatable bonds is 8. The van der Waals surface area contributed by atoms with Crippen LogP contribution >= 0.6 is 0 Å². The number of hydrogen-bond donors (Lipinski definition) is 2. The number of amides is 1. The van der Waals surface area contributed by atoms with Gasteiger partial charge < -0.3 is 19.2 Å². The van der Waals surface area contributed by atoms with Crippen molar-refractivity contribution in [2.45, 2.75) is 24.8 Å². The van der Waals surface area contributed by atoms with Gasteiger partial charge in [-0.05, 0) is 37.3 Å². The highest BCUT2D eigenvalue weighted by Gasteiger charge is 2.27. The third kappa shape index (κ3) is 5.39. The Balaban J connectivity index is 1.81. The maximum Gasteiger partial charge on any atom is 0.240 e. The predicted octanol–water partition coefficient (Wildman–Crippen LogP) is 1.91. The first kappa shape index (κ1) is 22.3. The first-order valence-corrected chi connectivity index (χ1v) is 11.1. The number of furan rings is 1. The number of hydrogen-bond acceptors (Lipinski definition) is 7. The maximum atomic E-state index is 13.0. The Hall–Kier alpha value is -2.40. The van der Waals surface area contributed by atoms with Gasteiger partial charge in [-0.2, -0.15) is 0 Å². The fourth-order valence-electron chi connectivity index (χ4n) is 3.34. The lowest BCUT2D eigenvalue weighted by molar-refractivity contribution is -0.114. The second-order valence-corrected chi connectivity index (χ2v) is 8.77. The number of benzene rings is 1. The third-order valence-electron chi connectivity index (χ3n) is 4.83. The molecule has 2 aromatic rings. The smallest absolute Gasteiger partial charge is 0.240 e. The molecule has 1 aromatic heterocycles. The van der Waals surface area contributed by atoms with Crippen molar-refractivity contribution in [1.82, 2.24) is 9.62 Å². The van der Waals surface area contributed by atoms with Crippen molar-refractivity contribution in [2.75, 3.05) is 45.3 Å². The van der Waals surface area contributed by atoms with Crippen molar-refractivity contribution in [3.63, 3.8) is 0 Å². The number of aryl methyl sites for hydroxylation is 1. The molecule has 30 heavy (non-hydrogen) atoms. The number of nitrogens with one attached hydrogen (secondary N) is 2. The van der Waals surface area contributed by atoms with E-state index in [0.717, 1.165) is 5.76 Å². The number of nitrogens with zero attached hydrogens (tertiary/aromatic N) is 1. The topological polar surface area (TPSA) is 110 Å². The van der Waals surface area contributed by atoms with E-state index in [1.807, 2.05) is 19.1 Å². The number of carbonyl (C=O) groups excluding carboxylic acids is 1. The quantitative estimate of drug-likeness (QED) is 0.649. The first-order valence-electron chi connectivity index (χ1n) is 9.63. The molecule has 0 spiro atoms. The molecule has 2 N–H and O–H groups in total. The molecule has 0 bridgehead atoms. The van der Waals surface area contributed by atoms with Crippen LogP contribution in [0.5, 0.6) is 5.75 Å². The van der Waals surface area contributed by atoms with Crippen LogP contribution in [0.3, 0.4) is 0 Å². The van der Waals surface area contributed by atoms with Crippen molar-refractivity contribution >= 4 is 21.6 Å². The molecule has 1 amide bonds. The molecule has 10 heteroatoms. The third-order valence-corrected chi connectivity index (χ3v) is 6.26. The van der Waals surface area contributed by atoms with Crippen LogP contribution in [-0.4, -0.2) is 59.2 Å². The van der Waals surface area contributed by atoms with Crippen molar-refractivity contribution in [2.24, 2.45) is 0 Å². The van der Waals surface area contributed by atoms with E-state index < -0.39 is 10.0 Å². The molecule has 164 valence electrons. The zero-order valence-corrected chi connectivity index (χ0v) is 18.1. The van der Waals surface area contributed by atoms with Gasteiger partial charge in [-0.25, -0.2) is 13.1 Å². The average molecular weight is 438 g/mol. The van der Waals surface area contributed by atoms with E-state index >= 15 is 0 Å². The van der Waals surface area contributed by atoms with Crippen LogP contribution in [0.2, 0.25) is 0 Å². The molecule has 1 fully saturated rings. The monoisotopic (exact) mass is 437 g/mol. The molecule has 1 saturated heterocycles. The summed E-state index contributed by atoms with van der Waals surface area (Å²) in [6, 6.07) is 7.79. The molecule has 1 unspecified atom stereocenters. The van der Waals surface area contributed by atoms with Crippen molar-refractivity contribution in [1.29, 1.82) is 0 Å². The summed E-state index contributed by atoms with van der Waals surface area (Å²) in [6.07, 6.45) is 0. The van der Waals surface area contributed by atoms with E-state index in [9.17, 15) is 13.2 Å². The van der Waals surface area contributed by atoms with Crippen LogP contribution in [0.4, 0.5) is 5.69 Å². The number of carbonyl (C=O) groups is 1. The lowest BCUT2D eigenvalue weighted by Gasteiger charge is -2.33. The zero-order chi connectivity index (χ0) is 21.7. The molecule has 2 heterocycles. The molecule has 0 saturated carbocycles. The number of methoxy groups -OCH3 is 1. The van der Waals surface area contributed by atoms with E-state index in [1.54, 1.807) is 0 Å². The summed E-state index contributed by atoms with van der Waals surface area (Å²) in [5, 5.41) is 2.59. The Kier molecular flexibility index (Phi) is 7.14. The number of anilines is 1. The average Bonchev–Trinajstić information content (AvgIpc) is 3.14. The van der Waals surface area contributed by atoms with Gasteiger partial charge in [-0.1, -0.05) is 0 Å². The van der Waals surface area contributed by atoms with Crippen LogP contribution in [-0.2, 0) is 19.6 Å². The van der Waals surface area contributed by atoms with Crippen molar-refractivity contribution in [3.8, 4) is 5.75 Å². The van der Waals surface area contributed by atoms with Gasteiger partial charge in [0.1, 0.15) is 17.3 Å². The molecule has 1 aliphatic heterocycles. The van der Waals surface area contributed by atoms with Gasteiger partial charge in [0.05, 0.1) is 36.9 Å². The van der Waals surface area contributed by atoms with Gasteiger partial charge in [-0.3, -0.25) is 9.69 Å². The van der Waals surface area contributed by atoms with Crippen LogP contribution < -0.4 is 14.8 Å². The fourth-order valence-corrected chi connectivity index (χ4v) is 4.41. The lowest BCUT2D eigenvalue weighted by atomic mass is 10.2. The summed E-state index contributed by atoms with van der Waals surface area (Å²) in [5.41, 5.74) is 0.291. The van der Waals surface area contributed by atoms with Crippen LogP contribution in [0, 0.1) is 6.92 Å². The Labute approximate surface area is 176 Å². The SMILES string of the molecule is COc1ccc(S(=O)(=O)NCC(c2ccc(C)o2)N2CCOCC2)cc1NC(C)=O. The summed E-state index contributed by atoms with van der Waals surface area (Å²) in [6.45, 7) is 5.87. The normalized spacial score (nSPS) is 16.2. The largest absolute Gasteiger partial charge is 0.495 e. The lowest BCUT2D eigenvalue weighted by Crippen LogP contribution is -2.43. The summed E-state index contributed by atoms with van der Waals surface area (Å²) in [4.78, 5) is 13.6. The van der Waals surface area contributed by atoms with Crippen LogP contribution in [0.25, 0.3) is 0 Å². The summed E-state index contributed by atoms with van der Waals surface area (Å²) < 4.78 is 45.0. The molecule has 1 atom stereocenters. The minimum absolute atomic E-state index is 0.0309. The second kappa shape index (κ2) is 9.61. The van der Waals surface area contributed by atoms with E-state index in [-0.39, 0.29) is 23.4 Å². The Morgan fingerprint density at radius 1 is 1.23 bits per heavy atom. The Morgan fingerprint density at radius 3 is 2.57 bits per heavy atom. The molecular formula is C20H27N3O6S. The fraction of sp³-hybridized carbons (Fsp3) is 0.450. The highest BCUT2D eigenvalue weighted by Crippen LogP contribution is 2.28. The van der Waals surface area contributed by atoms with Crippen LogP contribution in [0.15, 0.2) is 39.6 Å². The molecule has 3 rings (SSSR count). The second-order valence-electron chi connectivity index (χ2n) is 7.01. The number of morpholine rings is 1. The number of ether oxygens (including phenoxy) is 2. The van der Waals surface area contributed by atoms with E-state index in [0.29, 0.717) is 43.5 Å². The molecule has 9 nitrogen and oxygen atoms in total. The van der Waals surface area contributed by atoms with Gasteiger partial charge in [-0.15, -0.1) is 0 Å². The first-order chi connectivity index (χ1) is 14.3. The summed E-state index contributed by atoms with van der Waals surface area (Å²) >= 11 is 0. The van der Waals surface area contributed by atoms with E-state index in [2.05, 4.69) is 14.9 Å².